The monoisotopic (exact) mass is 426 g/mol. The molecular weight excluding hydrogens is 404 g/mol. The van der Waals surface area contributed by atoms with Crippen molar-refractivity contribution in [1.29, 1.82) is 0 Å². The van der Waals surface area contributed by atoms with E-state index >= 15 is 0 Å². The van der Waals surface area contributed by atoms with E-state index in [-0.39, 0.29) is 0 Å². The topological polar surface area (TPSA) is 76.9 Å². The lowest BCUT2D eigenvalue weighted by Gasteiger charge is -2.08. The van der Waals surface area contributed by atoms with E-state index in [4.69, 9.17) is 4.74 Å². The number of aromatic nitrogens is 1. The largest absolute Gasteiger partial charge is 0.462 e. The Kier molecular flexibility index (Phi) is 6.12. The maximum absolute atomic E-state index is 13.2. The predicted octanol–water partition coefficient (Wildman–Crippen LogP) is 4.99. The number of hydrogen-bond acceptors (Lipinski definition) is 4. The average molecular weight is 426 g/mol. The van der Waals surface area contributed by atoms with E-state index in [1.165, 1.54) is 0 Å². The summed E-state index contributed by atoms with van der Waals surface area (Å²) in [5.41, 5.74) is 3.44. The first-order valence-corrected chi connectivity index (χ1v) is 10.4. The van der Waals surface area contributed by atoms with Gasteiger partial charge in [0.25, 0.3) is 11.7 Å². The second-order valence-corrected chi connectivity index (χ2v) is 7.26. The van der Waals surface area contributed by atoms with Crippen molar-refractivity contribution in [3.05, 3.63) is 96.3 Å². The molecule has 0 aliphatic rings. The second kappa shape index (κ2) is 9.31. The average Bonchev–Trinajstić information content (AvgIpc) is 3.22. The lowest BCUT2D eigenvalue weighted by molar-refractivity contribution is -0.112. The van der Waals surface area contributed by atoms with Crippen molar-refractivity contribution in [2.24, 2.45) is 0 Å². The number of amides is 1. The fourth-order valence-corrected chi connectivity index (χ4v) is 3.46. The fraction of sp³-hybridized carbons (Fsp3) is 0.115. The number of carbonyl (C=O) groups excluding carboxylic acids is 3. The van der Waals surface area contributed by atoms with Crippen molar-refractivity contribution in [2.75, 3.05) is 11.9 Å². The standard InChI is InChI=1S/C26H22N2O4/c1-2-16-32-26(31)19-11-13-20(14-12-19)27-25(30)24(29)23-22(18-8-4-3-5-9-18)17-21-10-6-7-15-28(21)23/h3-15,17H,2,16H2,1H3,(H,27,30). The molecule has 0 saturated carbocycles. The van der Waals surface area contributed by atoms with Gasteiger partial charge in [0, 0.05) is 23.0 Å². The Labute approximate surface area is 185 Å². The van der Waals surface area contributed by atoms with Crippen LogP contribution >= 0.6 is 0 Å². The zero-order valence-corrected chi connectivity index (χ0v) is 17.6. The number of benzene rings is 2. The summed E-state index contributed by atoms with van der Waals surface area (Å²) < 4.78 is 6.82. The number of rotatable bonds is 7. The molecule has 0 spiro atoms. The zero-order valence-electron chi connectivity index (χ0n) is 17.6. The van der Waals surface area contributed by atoms with E-state index in [0.717, 1.165) is 17.5 Å². The van der Waals surface area contributed by atoms with Gasteiger partial charge in [0.1, 0.15) is 5.69 Å². The third-order valence-electron chi connectivity index (χ3n) is 5.00. The van der Waals surface area contributed by atoms with E-state index in [9.17, 15) is 14.4 Å². The summed E-state index contributed by atoms with van der Waals surface area (Å²) in [5.74, 6) is -1.83. The van der Waals surface area contributed by atoms with Gasteiger partial charge in [0.05, 0.1) is 12.2 Å². The Morgan fingerprint density at radius 1 is 0.906 bits per heavy atom. The number of ether oxygens (including phenoxy) is 1. The highest BCUT2D eigenvalue weighted by Crippen LogP contribution is 2.28. The van der Waals surface area contributed by atoms with E-state index in [1.54, 1.807) is 34.9 Å². The molecule has 160 valence electrons. The molecule has 0 fully saturated rings. The van der Waals surface area contributed by atoms with Crippen LogP contribution in [0.1, 0.15) is 34.2 Å². The van der Waals surface area contributed by atoms with Crippen molar-refractivity contribution in [3.8, 4) is 11.1 Å². The Balaban J connectivity index is 1.60. The highest BCUT2D eigenvalue weighted by atomic mass is 16.5. The van der Waals surface area contributed by atoms with Crippen LogP contribution in [0.15, 0.2) is 85.1 Å². The smallest absolute Gasteiger partial charge is 0.338 e. The highest BCUT2D eigenvalue weighted by molar-refractivity contribution is 6.47. The third-order valence-corrected chi connectivity index (χ3v) is 5.00. The summed E-state index contributed by atoms with van der Waals surface area (Å²) >= 11 is 0. The molecule has 2 aromatic carbocycles. The molecule has 0 saturated heterocycles. The molecule has 4 aromatic rings. The van der Waals surface area contributed by atoms with Gasteiger partial charge in [-0.25, -0.2) is 4.79 Å². The summed E-state index contributed by atoms with van der Waals surface area (Å²) in [6.07, 6.45) is 2.50. The van der Waals surface area contributed by atoms with Gasteiger partial charge in [-0.15, -0.1) is 0 Å². The number of carbonyl (C=O) groups is 3. The van der Waals surface area contributed by atoms with Crippen LogP contribution in [0.4, 0.5) is 5.69 Å². The number of anilines is 1. The number of ketones is 1. The summed E-state index contributed by atoms with van der Waals surface area (Å²) in [6.45, 7) is 2.27. The number of nitrogens with one attached hydrogen (secondary N) is 1. The van der Waals surface area contributed by atoms with E-state index < -0.39 is 17.7 Å². The van der Waals surface area contributed by atoms with Crippen molar-refractivity contribution < 1.29 is 19.1 Å². The first kappa shape index (κ1) is 21.1. The summed E-state index contributed by atoms with van der Waals surface area (Å²) in [7, 11) is 0. The second-order valence-electron chi connectivity index (χ2n) is 7.26. The van der Waals surface area contributed by atoms with Crippen LogP contribution in [0.3, 0.4) is 0 Å². The summed E-state index contributed by atoms with van der Waals surface area (Å²) in [4.78, 5) is 38.0. The zero-order chi connectivity index (χ0) is 22.5. The summed E-state index contributed by atoms with van der Waals surface area (Å²) in [5, 5.41) is 2.63. The number of fused-ring (bicyclic) bond motifs is 1. The lowest BCUT2D eigenvalue weighted by Crippen LogP contribution is -2.24. The molecule has 2 aromatic heterocycles. The van der Waals surface area contributed by atoms with Crippen LogP contribution in [0.5, 0.6) is 0 Å². The first-order valence-electron chi connectivity index (χ1n) is 10.4. The minimum atomic E-state index is -0.757. The molecule has 0 bridgehead atoms. The number of Topliss-reactive ketones (excluding diaryl/α,β-unsaturated/α-hetero) is 1. The molecule has 32 heavy (non-hydrogen) atoms. The molecule has 0 atom stereocenters. The molecular formula is C26H22N2O4. The van der Waals surface area contributed by atoms with Gasteiger partial charge in [-0.3, -0.25) is 9.59 Å². The van der Waals surface area contributed by atoms with Crippen LogP contribution < -0.4 is 5.32 Å². The minimum Gasteiger partial charge on any atom is -0.462 e. The minimum absolute atomic E-state index is 0.295. The first-order chi connectivity index (χ1) is 15.6. The molecule has 0 aliphatic carbocycles. The molecule has 1 amide bonds. The van der Waals surface area contributed by atoms with Gasteiger partial charge in [-0.1, -0.05) is 43.3 Å². The molecule has 2 heterocycles. The van der Waals surface area contributed by atoms with E-state index in [1.807, 2.05) is 61.5 Å². The van der Waals surface area contributed by atoms with Gasteiger partial charge in [-0.2, -0.15) is 0 Å². The van der Waals surface area contributed by atoms with Gasteiger partial charge < -0.3 is 14.5 Å². The van der Waals surface area contributed by atoms with E-state index in [2.05, 4.69) is 5.32 Å². The maximum atomic E-state index is 13.2. The number of esters is 1. The SMILES string of the molecule is CCCOC(=O)c1ccc(NC(=O)C(=O)c2c(-c3ccccc3)cc3ccccn23)cc1. The molecule has 4 rings (SSSR count). The Hall–Kier alpha value is -4.19. The van der Waals surface area contributed by atoms with E-state index in [0.29, 0.717) is 29.1 Å². The number of nitrogens with zero attached hydrogens (tertiary/aromatic N) is 1. The van der Waals surface area contributed by atoms with Crippen LogP contribution in [0, 0.1) is 0 Å². The number of hydrogen-bond donors (Lipinski definition) is 1. The van der Waals surface area contributed by atoms with Gasteiger partial charge in [0.15, 0.2) is 0 Å². The molecule has 0 radical (unpaired) electrons. The lowest BCUT2D eigenvalue weighted by atomic mass is 10.0. The molecule has 0 unspecified atom stereocenters. The predicted molar refractivity (Wildman–Crippen MR) is 123 cm³/mol. The van der Waals surface area contributed by atoms with Crippen LogP contribution in [0.25, 0.3) is 16.6 Å². The highest BCUT2D eigenvalue weighted by Gasteiger charge is 2.24. The quantitative estimate of drug-likeness (QED) is 0.256. The Morgan fingerprint density at radius 3 is 2.34 bits per heavy atom. The van der Waals surface area contributed by atoms with Gasteiger partial charge >= 0.3 is 5.97 Å². The van der Waals surface area contributed by atoms with Crippen molar-refractivity contribution in [2.45, 2.75) is 13.3 Å². The molecule has 0 aliphatic heterocycles. The van der Waals surface area contributed by atoms with Crippen LogP contribution in [-0.2, 0) is 9.53 Å². The molecule has 6 nitrogen and oxygen atoms in total. The van der Waals surface area contributed by atoms with Crippen molar-refractivity contribution >= 4 is 28.9 Å². The van der Waals surface area contributed by atoms with Crippen molar-refractivity contribution in [3.63, 3.8) is 0 Å². The normalized spacial score (nSPS) is 10.7. The molecule has 1 N–H and O–H groups in total. The van der Waals surface area contributed by atoms with Crippen LogP contribution in [-0.4, -0.2) is 28.7 Å². The fourth-order valence-electron chi connectivity index (χ4n) is 3.46. The Bertz CT molecular complexity index is 1270. The maximum Gasteiger partial charge on any atom is 0.338 e. The van der Waals surface area contributed by atoms with Crippen LogP contribution in [0.2, 0.25) is 0 Å². The Morgan fingerprint density at radius 2 is 1.62 bits per heavy atom. The third kappa shape index (κ3) is 4.30. The number of pyridine rings is 1. The van der Waals surface area contributed by atoms with Gasteiger partial charge in [-0.05, 0) is 54.4 Å². The molecule has 6 heteroatoms. The summed E-state index contributed by atoms with van der Waals surface area (Å²) in [6, 6.07) is 23.2. The van der Waals surface area contributed by atoms with Crippen molar-refractivity contribution in [1.82, 2.24) is 4.40 Å². The van der Waals surface area contributed by atoms with Gasteiger partial charge in [0.2, 0.25) is 0 Å².